The van der Waals surface area contributed by atoms with Crippen LogP contribution in [0, 0.1) is 0 Å². The Hall–Kier alpha value is -0.810. The lowest BCUT2D eigenvalue weighted by Gasteiger charge is -2.14. The summed E-state index contributed by atoms with van der Waals surface area (Å²) in [4.78, 5) is 3.86. The van der Waals surface area contributed by atoms with E-state index in [1.807, 2.05) is 0 Å². The summed E-state index contributed by atoms with van der Waals surface area (Å²) in [6.07, 6.45) is 2.52. The first-order valence-corrected chi connectivity index (χ1v) is 5.69. The molecule has 0 saturated carbocycles. The van der Waals surface area contributed by atoms with Gasteiger partial charge in [0.2, 0.25) is 10.0 Å². The Balaban J connectivity index is 3.04. The van der Waals surface area contributed by atoms with Crippen LogP contribution in [-0.4, -0.2) is 26.7 Å². The van der Waals surface area contributed by atoms with Gasteiger partial charge in [0.25, 0.3) is 0 Å². The molecule has 0 N–H and O–H groups in total. The van der Waals surface area contributed by atoms with E-state index in [2.05, 4.69) is 4.98 Å². The van der Waals surface area contributed by atoms with Gasteiger partial charge in [0.15, 0.2) is 0 Å². The summed E-state index contributed by atoms with van der Waals surface area (Å²) >= 11 is 5.60. The smallest absolute Gasteiger partial charge is 0.233 e. The molecule has 1 heterocycles. The molecule has 0 radical (unpaired) electrons. The number of rotatable bonds is 2. The monoisotopic (exact) mass is 220 g/mol. The minimum Gasteiger partial charge on any atom is -0.257 e. The predicted octanol–water partition coefficient (Wildman–Crippen LogP) is 1.13. The summed E-state index contributed by atoms with van der Waals surface area (Å²) in [6, 6.07) is 3.13. The molecular weight excluding hydrogens is 212 g/mol. The van der Waals surface area contributed by atoms with Crippen molar-refractivity contribution in [2.75, 3.05) is 17.6 Å². The highest BCUT2D eigenvalue weighted by Crippen LogP contribution is 2.14. The Labute approximate surface area is 82.2 Å². The highest BCUT2D eigenvalue weighted by atomic mass is 35.5. The molecule has 0 saturated heterocycles. The van der Waals surface area contributed by atoms with Gasteiger partial charge in [-0.25, -0.2) is 13.4 Å². The predicted molar refractivity (Wildman–Crippen MR) is 52.5 cm³/mol. The van der Waals surface area contributed by atoms with Crippen molar-refractivity contribution in [1.82, 2.24) is 4.98 Å². The average molecular weight is 221 g/mol. The second-order valence-corrected chi connectivity index (χ2v) is 5.02. The van der Waals surface area contributed by atoms with E-state index in [4.69, 9.17) is 11.6 Å². The van der Waals surface area contributed by atoms with E-state index in [0.29, 0.717) is 10.8 Å². The zero-order valence-electron chi connectivity index (χ0n) is 7.23. The number of hydrogen-bond donors (Lipinski definition) is 0. The molecule has 72 valence electrons. The lowest BCUT2D eigenvalue weighted by molar-refractivity contribution is 0.600. The summed E-state index contributed by atoms with van der Waals surface area (Å²) in [5.41, 5.74) is 0. The average Bonchev–Trinajstić information content (AvgIpc) is 2.03. The van der Waals surface area contributed by atoms with Gasteiger partial charge in [0.05, 0.1) is 11.3 Å². The van der Waals surface area contributed by atoms with Crippen LogP contribution in [0.15, 0.2) is 18.3 Å². The molecule has 0 fully saturated rings. The molecule has 13 heavy (non-hydrogen) atoms. The number of sulfonamides is 1. The van der Waals surface area contributed by atoms with Crippen LogP contribution in [-0.2, 0) is 10.0 Å². The quantitative estimate of drug-likeness (QED) is 0.751. The summed E-state index contributed by atoms with van der Waals surface area (Å²) in [5.74, 6) is 0.354. The van der Waals surface area contributed by atoms with Crippen LogP contribution in [0.25, 0.3) is 0 Å². The van der Waals surface area contributed by atoms with E-state index in [1.165, 1.54) is 13.2 Å². The van der Waals surface area contributed by atoms with Crippen LogP contribution in [0.1, 0.15) is 0 Å². The molecule has 6 heteroatoms. The van der Waals surface area contributed by atoms with Crippen molar-refractivity contribution < 1.29 is 8.42 Å². The first-order valence-electron chi connectivity index (χ1n) is 3.47. The largest absolute Gasteiger partial charge is 0.257 e. The highest BCUT2D eigenvalue weighted by molar-refractivity contribution is 7.92. The number of nitrogens with zero attached hydrogens (tertiary/aromatic N) is 2. The van der Waals surface area contributed by atoms with Gasteiger partial charge in [-0.1, -0.05) is 11.6 Å². The zero-order chi connectivity index (χ0) is 10.1. The number of halogens is 1. The third-order valence-electron chi connectivity index (χ3n) is 1.53. The van der Waals surface area contributed by atoms with Gasteiger partial charge in [-0.15, -0.1) is 0 Å². The fourth-order valence-electron chi connectivity index (χ4n) is 0.724. The van der Waals surface area contributed by atoms with Crippen molar-refractivity contribution in [3.63, 3.8) is 0 Å². The minimum atomic E-state index is -3.24. The van der Waals surface area contributed by atoms with Crippen LogP contribution in [0.5, 0.6) is 0 Å². The van der Waals surface area contributed by atoms with E-state index in [0.717, 1.165) is 10.6 Å². The van der Waals surface area contributed by atoms with Gasteiger partial charge in [-0.05, 0) is 12.1 Å². The van der Waals surface area contributed by atoms with Crippen molar-refractivity contribution in [3.8, 4) is 0 Å². The minimum absolute atomic E-state index is 0.354. The molecule has 0 bridgehead atoms. The van der Waals surface area contributed by atoms with Crippen molar-refractivity contribution in [2.24, 2.45) is 0 Å². The van der Waals surface area contributed by atoms with E-state index >= 15 is 0 Å². The second kappa shape index (κ2) is 3.51. The van der Waals surface area contributed by atoms with Gasteiger partial charge in [-0.2, -0.15) is 0 Å². The van der Waals surface area contributed by atoms with Crippen LogP contribution in [0.4, 0.5) is 5.82 Å². The Morgan fingerprint density at radius 1 is 1.46 bits per heavy atom. The molecule has 1 aromatic rings. The maximum absolute atomic E-state index is 11.1. The molecule has 0 atom stereocenters. The Morgan fingerprint density at radius 3 is 2.46 bits per heavy atom. The number of aromatic nitrogens is 1. The number of pyridine rings is 1. The SMILES string of the molecule is CN(c1ccc(Cl)cn1)S(C)(=O)=O. The lowest BCUT2D eigenvalue weighted by Crippen LogP contribution is -2.25. The molecule has 0 aromatic carbocycles. The lowest BCUT2D eigenvalue weighted by atomic mass is 10.5. The van der Waals surface area contributed by atoms with Crippen LogP contribution in [0.3, 0.4) is 0 Å². The van der Waals surface area contributed by atoms with Crippen LogP contribution >= 0.6 is 11.6 Å². The highest BCUT2D eigenvalue weighted by Gasteiger charge is 2.12. The van der Waals surface area contributed by atoms with E-state index in [-0.39, 0.29) is 0 Å². The molecule has 0 unspecified atom stereocenters. The summed E-state index contributed by atoms with van der Waals surface area (Å²) in [7, 11) is -1.80. The number of hydrogen-bond acceptors (Lipinski definition) is 3. The van der Waals surface area contributed by atoms with Gasteiger partial charge in [-0.3, -0.25) is 4.31 Å². The summed E-state index contributed by atoms with van der Waals surface area (Å²) in [6.45, 7) is 0. The van der Waals surface area contributed by atoms with Gasteiger partial charge in [0.1, 0.15) is 5.82 Å². The molecule has 0 amide bonds. The van der Waals surface area contributed by atoms with Crippen molar-refractivity contribution in [3.05, 3.63) is 23.4 Å². The van der Waals surface area contributed by atoms with Gasteiger partial charge in [0, 0.05) is 13.2 Å². The van der Waals surface area contributed by atoms with Crippen molar-refractivity contribution in [2.45, 2.75) is 0 Å². The Kier molecular flexibility index (Phi) is 2.77. The third-order valence-corrected chi connectivity index (χ3v) is 2.94. The van der Waals surface area contributed by atoms with Gasteiger partial charge >= 0.3 is 0 Å². The van der Waals surface area contributed by atoms with Crippen molar-refractivity contribution >= 4 is 27.4 Å². The molecule has 0 spiro atoms. The van der Waals surface area contributed by atoms with E-state index in [1.54, 1.807) is 12.1 Å². The fourth-order valence-corrected chi connectivity index (χ4v) is 1.28. The van der Waals surface area contributed by atoms with Crippen molar-refractivity contribution in [1.29, 1.82) is 0 Å². The molecule has 1 rings (SSSR count). The normalized spacial score (nSPS) is 11.3. The molecule has 1 aromatic heterocycles. The first-order chi connectivity index (χ1) is 5.91. The third kappa shape index (κ3) is 2.57. The standard InChI is InChI=1S/C7H9ClN2O2S/c1-10(13(2,11)12)7-4-3-6(8)5-9-7/h3-5H,1-2H3. The van der Waals surface area contributed by atoms with E-state index in [9.17, 15) is 8.42 Å². The zero-order valence-corrected chi connectivity index (χ0v) is 8.80. The molecule has 0 aliphatic carbocycles. The second-order valence-electron chi connectivity index (χ2n) is 2.57. The number of anilines is 1. The first kappa shape index (κ1) is 10.3. The van der Waals surface area contributed by atoms with Crippen LogP contribution < -0.4 is 4.31 Å². The van der Waals surface area contributed by atoms with Crippen LogP contribution in [0.2, 0.25) is 5.02 Å². The Bertz CT molecular complexity index is 387. The molecule has 4 nitrogen and oxygen atoms in total. The molecular formula is C7H9ClN2O2S. The summed E-state index contributed by atoms with van der Waals surface area (Å²) in [5, 5.41) is 0.477. The van der Waals surface area contributed by atoms with E-state index < -0.39 is 10.0 Å². The van der Waals surface area contributed by atoms with Gasteiger partial charge < -0.3 is 0 Å². The summed E-state index contributed by atoms with van der Waals surface area (Å²) < 4.78 is 23.2. The Morgan fingerprint density at radius 2 is 2.08 bits per heavy atom. The molecule has 0 aliphatic rings. The maximum atomic E-state index is 11.1. The fraction of sp³-hybridized carbons (Fsp3) is 0.286. The maximum Gasteiger partial charge on any atom is 0.233 e. The molecule has 0 aliphatic heterocycles. The topological polar surface area (TPSA) is 50.3 Å².